The summed E-state index contributed by atoms with van der Waals surface area (Å²) in [7, 11) is 1.56. The maximum atomic E-state index is 13.2. The Kier molecular flexibility index (Phi) is 5.55. The van der Waals surface area contributed by atoms with E-state index in [2.05, 4.69) is 10.3 Å². The van der Waals surface area contributed by atoms with Gasteiger partial charge in [-0.15, -0.1) is 0 Å². The first kappa shape index (κ1) is 23.0. The Morgan fingerprint density at radius 1 is 1.00 bits per heavy atom. The number of pyridine rings is 1. The Hall–Kier alpha value is -4.40. The standard InChI is InChI=1S/C28H22F3N5O/c1-37-27-13-10-19(16-32-27)34-22-14-24-26(15-23(22)33-18-8-9-18)36(25-5-3-2-4-21(25)35-24)20-11-6-17(7-12-20)28(29,30)31/h2-7,10-16,18,34H,8-9H2,1H3/b33-23+. The minimum absolute atomic E-state index is 0.250. The normalized spacial score (nSPS) is 14.3. The van der Waals surface area contributed by atoms with Gasteiger partial charge in [-0.3, -0.25) is 4.99 Å². The molecule has 3 aromatic rings. The Bertz CT molecular complexity index is 1620. The lowest BCUT2D eigenvalue weighted by Crippen LogP contribution is -2.16. The molecule has 6 nitrogen and oxygen atoms in total. The molecule has 0 bridgehead atoms. The fourth-order valence-corrected chi connectivity index (χ4v) is 4.26. The van der Waals surface area contributed by atoms with Crippen molar-refractivity contribution in [1.82, 2.24) is 14.5 Å². The van der Waals surface area contributed by atoms with E-state index in [0.717, 1.165) is 58.4 Å². The number of halogens is 3. The van der Waals surface area contributed by atoms with Crippen LogP contribution >= 0.6 is 0 Å². The van der Waals surface area contributed by atoms with Crippen molar-refractivity contribution < 1.29 is 17.9 Å². The molecule has 2 aliphatic carbocycles. The zero-order chi connectivity index (χ0) is 25.6. The maximum Gasteiger partial charge on any atom is 0.416 e. The third-order valence-electron chi connectivity index (χ3n) is 6.24. The summed E-state index contributed by atoms with van der Waals surface area (Å²) in [5.41, 5.74) is 4.38. The van der Waals surface area contributed by atoms with Gasteiger partial charge in [0, 0.05) is 11.8 Å². The van der Waals surface area contributed by atoms with Crippen molar-refractivity contribution in [1.29, 1.82) is 0 Å². The molecule has 1 saturated carbocycles. The third kappa shape index (κ3) is 4.60. The van der Waals surface area contributed by atoms with E-state index < -0.39 is 11.7 Å². The van der Waals surface area contributed by atoms with Crippen LogP contribution in [-0.4, -0.2) is 27.7 Å². The molecule has 1 aliphatic heterocycles. The zero-order valence-corrected chi connectivity index (χ0v) is 19.8. The molecule has 0 amide bonds. The summed E-state index contributed by atoms with van der Waals surface area (Å²) in [6.45, 7) is 0. The van der Waals surface area contributed by atoms with E-state index in [9.17, 15) is 13.2 Å². The second-order valence-electron chi connectivity index (χ2n) is 8.91. The highest BCUT2D eigenvalue weighted by molar-refractivity contribution is 5.84. The van der Waals surface area contributed by atoms with Gasteiger partial charge in [0.2, 0.25) is 5.88 Å². The summed E-state index contributed by atoms with van der Waals surface area (Å²) < 4.78 is 46.8. The van der Waals surface area contributed by atoms with Gasteiger partial charge >= 0.3 is 6.18 Å². The van der Waals surface area contributed by atoms with Crippen LogP contribution in [0.1, 0.15) is 18.4 Å². The average molecular weight is 502 g/mol. The van der Waals surface area contributed by atoms with Crippen molar-refractivity contribution in [2.45, 2.75) is 25.1 Å². The molecule has 1 aromatic heterocycles. The first-order chi connectivity index (χ1) is 17.9. The fourth-order valence-electron chi connectivity index (χ4n) is 4.26. The minimum atomic E-state index is -4.40. The van der Waals surface area contributed by atoms with Crippen LogP contribution in [0.25, 0.3) is 28.1 Å². The summed E-state index contributed by atoms with van der Waals surface area (Å²) in [5, 5.41) is 4.15. The molecule has 1 N–H and O–H groups in total. The van der Waals surface area contributed by atoms with E-state index in [1.165, 1.54) is 12.1 Å². The lowest BCUT2D eigenvalue weighted by Gasteiger charge is -2.20. The molecule has 0 saturated heterocycles. The Morgan fingerprint density at radius 3 is 2.46 bits per heavy atom. The first-order valence-corrected chi connectivity index (χ1v) is 11.8. The third-order valence-corrected chi connectivity index (χ3v) is 6.24. The monoisotopic (exact) mass is 501 g/mol. The van der Waals surface area contributed by atoms with Crippen molar-refractivity contribution in [3.05, 3.63) is 89.9 Å². The van der Waals surface area contributed by atoms with Gasteiger partial charge < -0.3 is 14.6 Å². The van der Waals surface area contributed by atoms with Gasteiger partial charge in [-0.05, 0) is 67.4 Å². The number of anilines is 2. The summed E-state index contributed by atoms with van der Waals surface area (Å²) in [5.74, 6) is 0.512. The topological polar surface area (TPSA) is 64.3 Å². The van der Waals surface area contributed by atoms with E-state index >= 15 is 0 Å². The smallest absolute Gasteiger partial charge is 0.416 e. The predicted molar refractivity (Wildman–Crippen MR) is 135 cm³/mol. The fraction of sp³-hybridized carbons (Fsp3) is 0.179. The molecule has 3 aliphatic rings. The van der Waals surface area contributed by atoms with E-state index in [1.54, 1.807) is 19.4 Å². The van der Waals surface area contributed by atoms with Gasteiger partial charge in [-0.2, -0.15) is 13.2 Å². The number of benzene rings is 3. The van der Waals surface area contributed by atoms with Gasteiger partial charge in [0.05, 0.1) is 64.1 Å². The number of rotatable bonds is 5. The van der Waals surface area contributed by atoms with Gasteiger partial charge in [0.15, 0.2) is 0 Å². The lowest BCUT2D eigenvalue weighted by molar-refractivity contribution is -0.137. The maximum absolute atomic E-state index is 13.2. The highest BCUT2D eigenvalue weighted by atomic mass is 19.4. The molecule has 0 atom stereocenters. The van der Waals surface area contributed by atoms with Gasteiger partial charge in [0.25, 0.3) is 0 Å². The Labute approximate surface area is 210 Å². The highest BCUT2D eigenvalue weighted by Crippen LogP contribution is 2.33. The molecular formula is C28H22F3N5O. The van der Waals surface area contributed by atoms with Crippen LogP contribution < -0.4 is 15.4 Å². The van der Waals surface area contributed by atoms with Gasteiger partial charge in [0.1, 0.15) is 0 Å². The van der Waals surface area contributed by atoms with Crippen molar-refractivity contribution in [3.63, 3.8) is 0 Å². The summed E-state index contributed by atoms with van der Waals surface area (Å²) in [6.07, 6.45) is -0.675. The molecule has 0 unspecified atom stereocenters. The molecule has 1 fully saturated rings. The number of hydrogen-bond acceptors (Lipinski definition) is 5. The van der Waals surface area contributed by atoms with Crippen LogP contribution in [0.5, 0.6) is 5.88 Å². The average Bonchev–Trinajstić information content (AvgIpc) is 3.72. The molecule has 0 spiro atoms. The molecule has 6 rings (SSSR count). The predicted octanol–water partition coefficient (Wildman–Crippen LogP) is 6.36. The Morgan fingerprint density at radius 2 is 1.78 bits per heavy atom. The SMILES string of the molecule is COc1ccc(Nc2cc3nc4ccccc4n(-c4ccc(C(F)(F)F)cc4)c-3c/c2=N\C2CC2)cn1. The molecule has 2 heterocycles. The Balaban J connectivity index is 1.56. The van der Waals surface area contributed by atoms with Crippen LogP contribution in [-0.2, 0) is 6.18 Å². The molecular weight excluding hydrogens is 479 g/mol. The van der Waals surface area contributed by atoms with Crippen LogP contribution in [0.15, 0.2) is 84.0 Å². The molecule has 2 aromatic carbocycles. The number of alkyl halides is 3. The summed E-state index contributed by atoms with van der Waals surface area (Å²) >= 11 is 0. The second kappa shape index (κ2) is 8.92. The molecule has 186 valence electrons. The van der Waals surface area contributed by atoms with Gasteiger partial charge in [-0.1, -0.05) is 12.1 Å². The number of methoxy groups -OCH3 is 1. The van der Waals surface area contributed by atoms with Crippen LogP contribution in [0, 0.1) is 0 Å². The number of fused-ring (bicyclic) bond motifs is 2. The van der Waals surface area contributed by atoms with E-state index in [-0.39, 0.29) is 6.04 Å². The van der Waals surface area contributed by atoms with Crippen LogP contribution in [0.3, 0.4) is 0 Å². The first-order valence-electron chi connectivity index (χ1n) is 11.8. The summed E-state index contributed by atoms with van der Waals surface area (Å²) in [4.78, 5) is 14.0. The van der Waals surface area contributed by atoms with E-state index in [1.807, 2.05) is 47.0 Å². The van der Waals surface area contributed by atoms with Crippen molar-refractivity contribution >= 4 is 22.4 Å². The number of nitrogens with zero attached hydrogens (tertiary/aromatic N) is 4. The largest absolute Gasteiger partial charge is 0.481 e. The second-order valence-corrected chi connectivity index (χ2v) is 8.91. The van der Waals surface area contributed by atoms with E-state index in [4.69, 9.17) is 14.7 Å². The number of para-hydroxylation sites is 2. The van der Waals surface area contributed by atoms with E-state index in [0.29, 0.717) is 17.3 Å². The van der Waals surface area contributed by atoms with Gasteiger partial charge in [-0.25, -0.2) is 9.97 Å². The quantitative estimate of drug-likeness (QED) is 0.285. The number of hydrogen-bond donors (Lipinski definition) is 1. The lowest BCUT2D eigenvalue weighted by atomic mass is 10.1. The van der Waals surface area contributed by atoms with Crippen molar-refractivity contribution in [2.75, 3.05) is 12.4 Å². The molecule has 9 heteroatoms. The highest BCUT2D eigenvalue weighted by Gasteiger charge is 2.30. The molecule has 0 radical (unpaired) electrons. The van der Waals surface area contributed by atoms with Crippen LogP contribution in [0.2, 0.25) is 0 Å². The minimum Gasteiger partial charge on any atom is -0.481 e. The van der Waals surface area contributed by atoms with Crippen LogP contribution in [0.4, 0.5) is 24.5 Å². The number of ether oxygens (including phenoxy) is 1. The number of aromatic nitrogens is 3. The zero-order valence-electron chi connectivity index (χ0n) is 19.8. The number of nitrogens with one attached hydrogen (secondary N) is 1. The molecule has 37 heavy (non-hydrogen) atoms. The van der Waals surface area contributed by atoms with Crippen molar-refractivity contribution in [3.8, 4) is 23.0 Å². The summed E-state index contributed by atoms with van der Waals surface area (Å²) in [6, 6.07) is 20.5. The van der Waals surface area contributed by atoms with Crippen molar-refractivity contribution in [2.24, 2.45) is 4.99 Å².